The summed E-state index contributed by atoms with van der Waals surface area (Å²) in [5, 5.41) is 0. The van der Waals surface area contributed by atoms with E-state index in [0.29, 0.717) is 11.1 Å². The molecule has 1 aromatic rings. The van der Waals surface area contributed by atoms with Gasteiger partial charge in [0.15, 0.2) is 12.4 Å². The lowest BCUT2D eigenvalue weighted by atomic mass is 10.1. The number of aldehydes is 1. The minimum atomic E-state index is -1.01. The number of rotatable bonds is 5. The summed E-state index contributed by atoms with van der Waals surface area (Å²) < 4.78 is 20.4. The van der Waals surface area contributed by atoms with E-state index in [2.05, 4.69) is 9.47 Å². The highest BCUT2D eigenvalue weighted by molar-refractivity contribution is 5.78. The maximum atomic E-state index is 11.7. The van der Waals surface area contributed by atoms with Crippen LogP contribution < -0.4 is 0 Å². The second-order valence-corrected chi connectivity index (χ2v) is 4.65. The van der Waals surface area contributed by atoms with Crippen molar-refractivity contribution in [3.05, 3.63) is 35.4 Å². The third-order valence-electron chi connectivity index (χ3n) is 3.28. The molecule has 118 valence electrons. The fourth-order valence-electron chi connectivity index (χ4n) is 2.10. The smallest absolute Gasteiger partial charge is 0.337 e. The van der Waals surface area contributed by atoms with Gasteiger partial charge in [0.05, 0.1) is 20.6 Å². The van der Waals surface area contributed by atoms with E-state index in [-0.39, 0.29) is 6.42 Å². The largest absolute Gasteiger partial charge is 0.469 e. The molecule has 0 N–H and O–H groups in total. The Morgan fingerprint density at radius 2 is 1.82 bits per heavy atom. The molecule has 1 aliphatic rings. The molecule has 0 aliphatic carbocycles. The van der Waals surface area contributed by atoms with Crippen molar-refractivity contribution in [2.45, 2.75) is 24.9 Å². The van der Waals surface area contributed by atoms with Gasteiger partial charge in [0, 0.05) is 11.1 Å². The molecule has 3 atom stereocenters. The first-order valence-electron chi connectivity index (χ1n) is 6.59. The number of methoxy groups -OCH3 is 2. The first-order valence-corrected chi connectivity index (χ1v) is 6.59. The van der Waals surface area contributed by atoms with E-state index in [4.69, 9.17) is 9.47 Å². The summed E-state index contributed by atoms with van der Waals surface area (Å²) in [4.78, 5) is 33.8. The first kappa shape index (κ1) is 16.1. The lowest BCUT2D eigenvalue weighted by molar-refractivity contribution is -0.155. The molecule has 0 bridgehead atoms. The number of esters is 2. The summed E-state index contributed by atoms with van der Waals surface area (Å²) >= 11 is 0. The third kappa shape index (κ3) is 3.49. The van der Waals surface area contributed by atoms with Crippen molar-refractivity contribution in [2.75, 3.05) is 14.2 Å². The van der Waals surface area contributed by atoms with Crippen molar-refractivity contribution >= 4 is 18.2 Å². The lowest BCUT2D eigenvalue weighted by Crippen LogP contribution is -2.34. The highest BCUT2D eigenvalue weighted by Gasteiger charge is 2.43. The molecule has 0 spiro atoms. The number of hydrogen-bond donors (Lipinski definition) is 0. The van der Waals surface area contributed by atoms with Crippen LogP contribution >= 0.6 is 0 Å². The van der Waals surface area contributed by atoms with Crippen molar-refractivity contribution in [1.82, 2.24) is 0 Å². The van der Waals surface area contributed by atoms with E-state index in [0.717, 1.165) is 6.29 Å². The molecule has 1 aromatic carbocycles. The third-order valence-corrected chi connectivity index (χ3v) is 3.28. The van der Waals surface area contributed by atoms with Gasteiger partial charge in [0.2, 0.25) is 0 Å². The molecular formula is C15H16O7. The van der Waals surface area contributed by atoms with Gasteiger partial charge in [0.1, 0.15) is 12.4 Å². The van der Waals surface area contributed by atoms with Crippen molar-refractivity contribution in [3.8, 4) is 0 Å². The van der Waals surface area contributed by atoms with Gasteiger partial charge in [-0.2, -0.15) is 0 Å². The average Bonchev–Trinajstić information content (AvgIpc) is 2.97. The van der Waals surface area contributed by atoms with Crippen LogP contribution in [0.1, 0.15) is 28.6 Å². The van der Waals surface area contributed by atoms with Gasteiger partial charge >= 0.3 is 11.9 Å². The molecule has 1 fully saturated rings. The monoisotopic (exact) mass is 308 g/mol. The molecule has 0 aromatic heterocycles. The van der Waals surface area contributed by atoms with Gasteiger partial charge < -0.3 is 18.9 Å². The Bertz CT molecular complexity index is 552. The second-order valence-electron chi connectivity index (χ2n) is 4.65. The van der Waals surface area contributed by atoms with Gasteiger partial charge in [-0.05, 0) is 0 Å². The standard InChI is InChI=1S/C15H16O7/c1-19-12(17)7-11-13(14(18)20-2)22-15(21-11)10-5-3-9(8-16)4-6-10/h3-6,8,11,13,15H,7H2,1-2H3. The zero-order valence-electron chi connectivity index (χ0n) is 12.2. The van der Waals surface area contributed by atoms with Gasteiger partial charge in [-0.3, -0.25) is 9.59 Å². The van der Waals surface area contributed by atoms with E-state index < -0.39 is 30.4 Å². The molecule has 22 heavy (non-hydrogen) atoms. The van der Waals surface area contributed by atoms with Crippen molar-refractivity contribution in [1.29, 1.82) is 0 Å². The SMILES string of the molecule is COC(=O)CC1OC(c2ccc(C=O)cc2)OC1C(=O)OC. The summed E-state index contributed by atoms with van der Waals surface area (Å²) in [7, 11) is 2.48. The fraction of sp³-hybridized carbons (Fsp3) is 0.400. The number of ether oxygens (including phenoxy) is 4. The molecule has 7 heteroatoms. The molecule has 2 rings (SSSR count). The first-order chi connectivity index (χ1) is 10.6. The molecule has 0 saturated carbocycles. The maximum absolute atomic E-state index is 11.7. The van der Waals surface area contributed by atoms with Crippen molar-refractivity contribution in [3.63, 3.8) is 0 Å². The van der Waals surface area contributed by atoms with Crippen LogP contribution in [0.3, 0.4) is 0 Å². The highest BCUT2D eigenvalue weighted by Crippen LogP contribution is 2.33. The van der Waals surface area contributed by atoms with Crippen LogP contribution in [-0.4, -0.2) is 44.7 Å². The quantitative estimate of drug-likeness (QED) is 0.592. The van der Waals surface area contributed by atoms with Crippen LogP contribution in [-0.2, 0) is 28.5 Å². The minimum Gasteiger partial charge on any atom is -0.469 e. The Morgan fingerprint density at radius 1 is 1.14 bits per heavy atom. The second kappa shape index (κ2) is 7.15. The summed E-state index contributed by atoms with van der Waals surface area (Å²) in [5.74, 6) is -1.14. The Kier molecular flexibility index (Phi) is 5.24. The molecule has 1 aliphatic heterocycles. The van der Waals surface area contributed by atoms with Crippen LogP contribution in [0.15, 0.2) is 24.3 Å². The van der Waals surface area contributed by atoms with Gasteiger partial charge in [-0.15, -0.1) is 0 Å². The Morgan fingerprint density at radius 3 is 2.36 bits per heavy atom. The van der Waals surface area contributed by atoms with Crippen LogP contribution in [0.5, 0.6) is 0 Å². The van der Waals surface area contributed by atoms with Crippen molar-refractivity contribution < 1.29 is 33.3 Å². The van der Waals surface area contributed by atoms with Crippen LogP contribution in [0.2, 0.25) is 0 Å². The van der Waals surface area contributed by atoms with E-state index in [1.54, 1.807) is 24.3 Å². The van der Waals surface area contributed by atoms with E-state index >= 15 is 0 Å². The van der Waals surface area contributed by atoms with Crippen LogP contribution in [0.4, 0.5) is 0 Å². The summed E-state index contributed by atoms with van der Waals surface area (Å²) in [6.07, 6.45) is -2.04. The predicted octanol–water partition coefficient (Wildman–Crippen LogP) is 1.02. The van der Waals surface area contributed by atoms with Crippen LogP contribution in [0, 0.1) is 0 Å². The topological polar surface area (TPSA) is 88.1 Å². The normalized spacial score (nSPS) is 23.8. The maximum Gasteiger partial charge on any atom is 0.337 e. The Labute approximate surface area is 127 Å². The van der Waals surface area contributed by atoms with Gasteiger partial charge in [-0.25, -0.2) is 4.79 Å². The molecule has 1 heterocycles. The number of carbonyl (C=O) groups is 3. The molecular weight excluding hydrogens is 292 g/mol. The Hall–Kier alpha value is -2.25. The Balaban J connectivity index is 2.15. The van der Waals surface area contributed by atoms with Gasteiger partial charge in [-0.1, -0.05) is 24.3 Å². The fourth-order valence-corrected chi connectivity index (χ4v) is 2.10. The molecule has 0 radical (unpaired) electrons. The number of carbonyl (C=O) groups excluding carboxylic acids is 3. The zero-order chi connectivity index (χ0) is 16.1. The number of hydrogen-bond acceptors (Lipinski definition) is 7. The van der Waals surface area contributed by atoms with E-state index in [1.807, 2.05) is 0 Å². The molecule has 1 saturated heterocycles. The van der Waals surface area contributed by atoms with Crippen LogP contribution in [0.25, 0.3) is 0 Å². The van der Waals surface area contributed by atoms with E-state index in [1.165, 1.54) is 14.2 Å². The highest BCUT2D eigenvalue weighted by atomic mass is 16.7. The zero-order valence-corrected chi connectivity index (χ0v) is 12.2. The lowest BCUT2D eigenvalue weighted by Gasteiger charge is -2.12. The summed E-state index contributed by atoms with van der Waals surface area (Å²) in [6.45, 7) is 0. The average molecular weight is 308 g/mol. The molecule has 3 unspecified atom stereocenters. The van der Waals surface area contributed by atoms with Crippen molar-refractivity contribution in [2.24, 2.45) is 0 Å². The molecule has 0 amide bonds. The predicted molar refractivity (Wildman–Crippen MR) is 73.0 cm³/mol. The van der Waals surface area contributed by atoms with E-state index in [9.17, 15) is 14.4 Å². The summed E-state index contributed by atoms with van der Waals surface area (Å²) in [6, 6.07) is 6.53. The minimum absolute atomic E-state index is 0.126. The number of benzene rings is 1. The van der Waals surface area contributed by atoms with Gasteiger partial charge in [0.25, 0.3) is 0 Å². The summed E-state index contributed by atoms with van der Waals surface area (Å²) in [5.41, 5.74) is 1.14. The molecule has 7 nitrogen and oxygen atoms in total.